The van der Waals surface area contributed by atoms with Gasteiger partial charge in [0.05, 0.1) is 0 Å². The molecule has 0 amide bonds. The third kappa shape index (κ3) is 1.96. The van der Waals surface area contributed by atoms with Crippen LogP contribution >= 0.6 is 11.8 Å². The van der Waals surface area contributed by atoms with Crippen molar-refractivity contribution in [1.82, 2.24) is 14.6 Å². The molecule has 4 heterocycles. The van der Waals surface area contributed by atoms with Gasteiger partial charge in [-0.3, -0.25) is 9.20 Å². The van der Waals surface area contributed by atoms with Gasteiger partial charge in [-0.1, -0.05) is 0 Å². The molecule has 2 aromatic rings. The van der Waals surface area contributed by atoms with Crippen LogP contribution in [0.25, 0.3) is 5.65 Å². The fourth-order valence-electron chi connectivity index (χ4n) is 3.28. The van der Waals surface area contributed by atoms with Gasteiger partial charge in [-0.2, -0.15) is 11.8 Å². The predicted molar refractivity (Wildman–Crippen MR) is 74.4 cm³/mol. The van der Waals surface area contributed by atoms with Crippen molar-refractivity contribution in [3.8, 4) is 0 Å². The Hall–Kier alpha value is -1.36. The molecule has 0 aliphatic carbocycles. The zero-order valence-corrected chi connectivity index (χ0v) is 11.3. The molecule has 2 fully saturated rings. The first-order valence-corrected chi connectivity index (χ1v) is 7.73. The Morgan fingerprint density at radius 3 is 2.84 bits per heavy atom. The van der Waals surface area contributed by atoms with Crippen molar-refractivity contribution >= 4 is 23.2 Å². The maximum atomic E-state index is 12.6. The molecule has 4 nitrogen and oxygen atoms in total. The van der Waals surface area contributed by atoms with Crippen LogP contribution < -0.4 is 0 Å². The number of ketones is 1. The molecule has 0 saturated carbocycles. The summed E-state index contributed by atoms with van der Waals surface area (Å²) in [5, 5.41) is 9.24. The number of hydrogen-bond donors (Lipinski definition) is 0. The maximum absolute atomic E-state index is 12.6. The van der Waals surface area contributed by atoms with Crippen LogP contribution in [0.3, 0.4) is 0 Å². The molecule has 2 atom stereocenters. The fraction of sp³-hybridized carbons (Fsp3) is 0.500. The lowest BCUT2D eigenvalue weighted by atomic mass is 9.91. The second-order valence-corrected chi connectivity index (χ2v) is 7.11. The number of thioether (sulfide) groups is 1. The Morgan fingerprint density at radius 1 is 1.26 bits per heavy atom. The highest BCUT2D eigenvalue weighted by molar-refractivity contribution is 8.00. The largest absolute Gasteiger partial charge is 0.294 e. The second kappa shape index (κ2) is 4.34. The summed E-state index contributed by atoms with van der Waals surface area (Å²) in [6.45, 7) is 0. The van der Waals surface area contributed by atoms with Crippen LogP contribution in [0, 0.1) is 5.92 Å². The van der Waals surface area contributed by atoms with Crippen molar-refractivity contribution in [2.45, 2.75) is 36.2 Å². The molecule has 2 aliphatic heterocycles. The molecule has 0 N–H and O–H groups in total. The molecule has 19 heavy (non-hydrogen) atoms. The molecule has 0 radical (unpaired) electrons. The van der Waals surface area contributed by atoms with Crippen molar-refractivity contribution in [3.63, 3.8) is 0 Å². The van der Waals surface area contributed by atoms with E-state index in [1.807, 2.05) is 22.7 Å². The van der Waals surface area contributed by atoms with E-state index in [9.17, 15) is 4.79 Å². The Morgan fingerprint density at radius 2 is 2.05 bits per heavy atom. The molecule has 5 heteroatoms. The Balaban J connectivity index is 1.62. The van der Waals surface area contributed by atoms with E-state index in [2.05, 4.69) is 22.0 Å². The van der Waals surface area contributed by atoms with Crippen LogP contribution in [0.5, 0.6) is 0 Å². The van der Waals surface area contributed by atoms with Gasteiger partial charge in [0.1, 0.15) is 6.33 Å². The second-order valence-electron chi connectivity index (χ2n) is 5.50. The van der Waals surface area contributed by atoms with Crippen LogP contribution in [0.1, 0.15) is 36.0 Å². The highest BCUT2D eigenvalue weighted by Gasteiger charge is 2.37. The van der Waals surface area contributed by atoms with Gasteiger partial charge in [-0.15, -0.1) is 10.2 Å². The van der Waals surface area contributed by atoms with Crippen molar-refractivity contribution < 1.29 is 4.79 Å². The molecule has 2 aromatic heterocycles. The summed E-state index contributed by atoms with van der Waals surface area (Å²) in [6.07, 6.45) is 8.21. The summed E-state index contributed by atoms with van der Waals surface area (Å²) in [4.78, 5) is 12.6. The Kier molecular flexibility index (Phi) is 2.62. The van der Waals surface area contributed by atoms with Crippen molar-refractivity contribution in [3.05, 3.63) is 30.2 Å². The number of aromatic nitrogens is 3. The van der Waals surface area contributed by atoms with Gasteiger partial charge >= 0.3 is 0 Å². The van der Waals surface area contributed by atoms with E-state index < -0.39 is 0 Å². The summed E-state index contributed by atoms with van der Waals surface area (Å²) in [6, 6.07) is 3.75. The number of pyridine rings is 1. The van der Waals surface area contributed by atoms with Crippen molar-refractivity contribution in [2.24, 2.45) is 5.92 Å². The average Bonchev–Trinajstić information content (AvgIpc) is 3.03. The Labute approximate surface area is 115 Å². The minimum atomic E-state index is 0.215. The molecule has 0 aromatic carbocycles. The van der Waals surface area contributed by atoms with E-state index in [1.54, 1.807) is 6.33 Å². The highest BCUT2D eigenvalue weighted by atomic mass is 32.2. The van der Waals surface area contributed by atoms with Crippen LogP contribution in [0.2, 0.25) is 0 Å². The van der Waals surface area contributed by atoms with Crippen LogP contribution in [-0.4, -0.2) is 30.9 Å². The first-order valence-electron chi connectivity index (χ1n) is 6.78. The van der Waals surface area contributed by atoms with Crippen molar-refractivity contribution in [2.75, 3.05) is 0 Å². The van der Waals surface area contributed by atoms with E-state index >= 15 is 0 Å². The van der Waals surface area contributed by atoms with Crippen LogP contribution in [-0.2, 0) is 0 Å². The third-order valence-corrected chi connectivity index (χ3v) is 5.86. The number of nitrogens with zero attached hydrogens (tertiary/aromatic N) is 3. The molecule has 4 rings (SSSR count). The maximum Gasteiger partial charge on any atom is 0.167 e. The molecule has 2 saturated heterocycles. The first-order chi connectivity index (χ1) is 9.29. The van der Waals surface area contributed by atoms with Gasteiger partial charge in [0.2, 0.25) is 0 Å². The lowest BCUT2D eigenvalue weighted by Gasteiger charge is -2.26. The number of rotatable bonds is 2. The summed E-state index contributed by atoms with van der Waals surface area (Å²) in [5.41, 5.74) is 1.58. The van der Waals surface area contributed by atoms with Gasteiger partial charge in [-0.05, 0) is 37.8 Å². The molecule has 98 valence electrons. The monoisotopic (exact) mass is 273 g/mol. The van der Waals surface area contributed by atoms with Crippen LogP contribution in [0.4, 0.5) is 0 Å². The number of fused-ring (bicyclic) bond motifs is 3. The summed E-state index contributed by atoms with van der Waals surface area (Å²) in [7, 11) is 0. The summed E-state index contributed by atoms with van der Waals surface area (Å²) < 4.78 is 1.82. The molecule has 2 bridgehead atoms. The van der Waals surface area contributed by atoms with Gasteiger partial charge < -0.3 is 0 Å². The third-order valence-electron chi connectivity index (χ3n) is 4.24. The van der Waals surface area contributed by atoms with Gasteiger partial charge in [0.15, 0.2) is 11.4 Å². The predicted octanol–water partition coefficient (Wildman–Crippen LogP) is 2.59. The number of Topliss-reactive ketones (excluding diaryl/α,β-unsaturated/α-hetero) is 1. The van der Waals surface area contributed by atoms with Gasteiger partial charge in [0.25, 0.3) is 0 Å². The standard InChI is InChI=1S/C14H15N3OS/c18-14(10-5-11-2-3-12(6-10)19-11)9-1-4-13-16-15-8-17(13)7-9/h1,4,7-8,10-12H,2-3,5-6H2. The molecular weight excluding hydrogens is 258 g/mol. The molecular formula is C14H15N3OS. The lowest BCUT2D eigenvalue weighted by molar-refractivity contribution is 0.0906. The Bertz CT molecular complexity index is 626. The first kappa shape index (κ1) is 11.5. The summed E-state index contributed by atoms with van der Waals surface area (Å²) in [5.74, 6) is 0.514. The number of carbonyl (C=O) groups is 1. The molecule has 2 aliphatic rings. The highest BCUT2D eigenvalue weighted by Crippen LogP contribution is 2.46. The smallest absolute Gasteiger partial charge is 0.167 e. The van der Waals surface area contributed by atoms with Crippen molar-refractivity contribution in [1.29, 1.82) is 0 Å². The zero-order valence-electron chi connectivity index (χ0n) is 10.5. The van der Waals surface area contributed by atoms with E-state index in [0.717, 1.165) is 24.1 Å². The quantitative estimate of drug-likeness (QED) is 0.789. The van der Waals surface area contributed by atoms with E-state index in [-0.39, 0.29) is 5.92 Å². The minimum Gasteiger partial charge on any atom is -0.294 e. The topological polar surface area (TPSA) is 47.3 Å². The van der Waals surface area contributed by atoms with E-state index in [0.29, 0.717) is 16.3 Å². The number of hydrogen-bond acceptors (Lipinski definition) is 4. The fourth-order valence-corrected chi connectivity index (χ4v) is 5.06. The SMILES string of the molecule is O=C(c1ccc2nncn2c1)C1CC2CCC(C1)S2. The average molecular weight is 273 g/mol. The minimum absolute atomic E-state index is 0.215. The van der Waals surface area contributed by atoms with Crippen LogP contribution in [0.15, 0.2) is 24.7 Å². The lowest BCUT2D eigenvalue weighted by Crippen LogP contribution is -2.25. The molecule has 2 unspecified atom stereocenters. The van der Waals surface area contributed by atoms with E-state index in [1.165, 1.54) is 12.8 Å². The van der Waals surface area contributed by atoms with E-state index in [4.69, 9.17) is 0 Å². The normalized spacial score (nSPS) is 29.8. The number of carbonyl (C=O) groups excluding carboxylic acids is 1. The summed E-state index contributed by atoms with van der Waals surface area (Å²) >= 11 is 2.10. The van der Waals surface area contributed by atoms with Gasteiger partial charge in [-0.25, -0.2) is 0 Å². The van der Waals surface area contributed by atoms with Gasteiger partial charge in [0, 0.05) is 28.2 Å². The molecule has 0 spiro atoms. The zero-order chi connectivity index (χ0) is 12.8.